The standard InChI is InChI=1S/C14H20N2.C10H18.C5H4BrN.ClH/c1-2-6-14(7-3-1)8-11-16(12-14)13-4-9-15-10-5-13;1-2-6-10(7-3-1)8-4-5-9-10;6-5-1-3-7-4-2-5;/h4-5,9-10H,1-3,6-8,11-12H2;1-9H2;1-4H;1H. The fourth-order valence-electron chi connectivity index (χ4n) is 6.68. The molecule has 2 spiro atoms. The van der Waals surface area contributed by atoms with E-state index < -0.39 is 0 Å². The SMILES string of the molecule is Brc1ccncc1.C1CCC2(CC1)CCCC2.Cl.c1cc(N2CCC3(CCCCC3)C2)ccn1. The highest BCUT2D eigenvalue weighted by atomic mass is 79.9. The number of hydrogen-bond donors (Lipinski definition) is 0. The van der Waals surface area contributed by atoms with Crippen LogP contribution < -0.4 is 4.90 Å². The molecule has 188 valence electrons. The molecule has 2 aromatic rings. The van der Waals surface area contributed by atoms with Crippen LogP contribution in [0.5, 0.6) is 0 Å². The minimum atomic E-state index is 0. The largest absolute Gasteiger partial charge is 0.371 e. The van der Waals surface area contributed by atoms with Crippen LogP contribution >= 0.6 is 28.3 Å². The van der Waals surface area contributed by atoms with E-state index in [9.17, 15) is 0 Å². The lowest BCUT2D eigenvalue weighted by atomic mass is 9.73. The molecule has 0 atom stereocenters. The van der Waals surface area contributed by atoms with Gasteiger partial charge in [-0.2, -0.15) is 0 Å². The molecule has 5 heteroatoms. The summed E-state index contributed by atoms with van der Waals surface area (Å²) in [6, 6.07) is 8.06. The molecule has 2 aromatic heterocycles. The van der Waals surface area contributed by atoms with E-state index in [4.69, 9.17) is 0 Å². The van der Waals surface area contributed by atoms with Crippen LogP contribution in [0.3, 0.4) is 0 Å². The zero-order chi connectivity index (χ0) is 22.8. The molecule has 0 N–H and O–H groups in total. The molecule has 3 nitrogen and oxygen atoms in total. The van der Waals surface area contributed by atoms with Crippen molar-refractivity contribution in [3.63, 3.8) is 0 Å². The molecule has 4 fully saturated rings. The molecule has 3 saturated carbocycles. The Morgan fingerprint density at radius 3 is 1.50 bits per heavy atom. The van der Waals surface area contributed by atoms with Gasteiger partial charge in [0, 0.05) is 48.0 Å². The predicted octanol–water partition coefficient (Wildman–Crippen LogP) is 9.02. The molecule has 4 aliphatic rings. The van der Waals surface area contributed by atoms with Gasteiger partial charge in [0.25, 0.3) is 0 Å². The number of rotatable bonds is 1. The molecule has 0 aromatic carbocycles. The van der Waals surface area contributed by atoms with Gasteiger partial charge in [0.1, 0.15) is 0 Å². The highest BCUT2D eigenvalue weighted by Gasteiger charge is 2.38. The number of nitrogens with zero attached hydrogens (tertiary/aromatic N) is 3. The molecule has 1 aliphatic heterocycles. The first-order valence-corrected chi connectivity index (χ1v) is 14.2. The summed E-state index contributed by atoms with van der Waals surface area (Å²) in [5, 5.41) is 0. The van der Waals surface area contributed by atoms with Crippen LogP contribution in [0.15, 0.2) is 53.5 Å². The molecule has 1 saturated heterocycles. The number of aromatic nitrogens is 2. The Kier molecular flexibility index (Phi) is 11.2. The average Bonchev–Trinajstić information content (AvgIpc) is 3.49. The topological polar surface area (TPSA) is 29.0 Å². The minimum absolute atomic E-state index is 0. The molecule has 3 heterocycles. The van der Waals surface area contributed by atoms with Crippen molar-refractivity contribution in [3.8, 4) is 0 Å². The second kappa shape index (κ2) is 13.8. The third kappa shape index (κ3) is 7.95. The lowest BCUT2D eigenvalue weighted by Crippen LogP contribution is -2.29. The Bertz CT molecular complexity index is 797. The average molecular weight is 549 g/mol. The van der Waals surface area contributed by atoms with Crippen LogP contribution in [0.25, 0.3) is 0 Å². The van der Waals surface area contributed by atoms with Crippen LogP contribution in [-0.4, -0.2) is 23.1 Å². The third-order valence-corrected chi connectivity index (χ3v) is 9.13. The van der Waals surface area contributed by atoms with Crippen molar-refractivity contribution in [1.82, 2.24) is 9.97 Å². The lowest BCUT2D eigenvalue weighted by molar-refractivity contribution is 0.197. The van der Waals surface area contributed by atoms with Gasteiger partial charge in [-0.15, -0.1) is 12.4 Å². The zero-order valence-electron chi connectivity index (χ0n) is 20.8. The van der Waals surface area contributed by atoms with Crippen molar-refractivity contribution in [2.24, 2.45) is 10.8 Å². The summed E-state index contributed by atoms with van der Waals surface area (Å²) in [5.41, 5.74) is 2.89. The molecule has 6 rings (SSSR count). The molecule has 34 heavy (non-hydrogen) atoms. The van der Waals surface area contributed by atoms with Crippen molar-refractivity contribution in [2.75, 3.05) is 18.0 Å². The first-order valence-electron chi connectivity index (χ1n) is 13.4. The van der Waals surface area contributed by atoms with E-state index in [1.165, 1.54) is 89.4 Å². The van der Waals surface area contributed by atoms with Gasteiger partial charge >= 0.3 is 0 Å². The summed E-state index contributed by atoms with van der Waals surface area (Å²) < 4.78 is 1.07. The number of halogens is 2. The Balaban J connectivity index is 0.000000155. The van der Waals surface area contributed by atoms with Crippen molar-refractivity contribution in [2.45, 2.75) is 96.3 Å². The van der Waals surface area contributed by atoms with Crippen LogP contribution in [0.1, 0.15) is 96.3 Å². The van der Waals surface area contributed by atoms with Gasteiger partial charge < -0.3 is 4.90 Å². The van der Waals surface area contributed by atoms with Crippen molar-refractivity contribution >= 4 is 34.0 Å². The monoisotopic (exact) mass is 547 g/mol. The van der Waals surface area contributed by atoms with Gasteiger partial charge in [0.05, 0.1) is 0 Å². The van der Waals surface area contributed by atoms with E-state index in [-0.39, 0.29) is 12.4 Å². The second-order valence-electron chi connectivity index (χ2n) is 10.9. The summed E-state index contributed by atoms with van der Waals surface area (Å²) in [6.45, 7) is 2.51. The van der Waals surface area contributed by atoms with Crippen LogP contribution in [-0.2, 0) is 0 Å². The molecule has 0 bridgehead atoms. The summed E-state index contributed by atoms with van der Waals surface area (Å²) in [5.74, 6) is 0. The van der Waals surface area contributed by atoms with Crippen LogP contribution in [0.4, 0.5) is 5.69 Å². The Morgan fingerprint density at radius 2 is 1.03 bits per heavy atom. The van der Waals surface area contributed by atoms with Gasteiger partial charge in [-0.3, -0.25) is 9.97 Å². The van der Waals surface area contributed by atoms with E-state index in [1.807, 2.05) is 24.5 Å². The van der Waals surface area contributed by atoms with Crippen molar-refractivity contribution in [1.29, 1.82) is 0 Å². The van der Waals surface area contributed by atoms with Gasteiger partial charge in [-0.25, -0.2) is 0 Å². The fraction of sp³-hybridized carbons (Fsp3) is 0.655. The van der Waals surface area contributed by atoms with E-state index >= 15 is 0 Å². The van der Waals surface area contributed by atoms with E-state index in [1.54, 1.807) is 38.1 Å². The lowest BCUT2D eigenvalue weighted by Gasteiger charge is -2.33. The highest BCUT2D eigenvalue weighted by Crippen LogP contribution is 2.48. The normalized spacial score (nSPS) is 22.2. The van der Waals surface area contributed by atoms with Crippen molar-refractivity contribution in [3.05, 3.63) is 53.5 Å². The van der Waals surface area contributed by atoms with Crippen LogP contribution in [0, 0.1) is 10.8 Å². The Morgan fingerprint density at radius 1 is 0.588 bits per heavy atom. The maximum absolute atomic E-state index is 4.09. The third-order valence-electron chi connectivity index (χ3n) is 8.60. The number of pyridine rings is 2. The molecular formula is C29H43BrClN3. The van der Waals surface area contributed by atoms with Gasteiger partial charge in [-0.1, -0.05) is 67.3 Å². The van der Waals surface area contributed by atoms with Gasteiger partial charge in [-0.05, 0) is 80.0 Å². The van der Waals surface area contributed by atoms with Gasteiger partial charge in [0.15, 0.2) is 0 Å². The molecule has 0 amide bonds. The Labute approximate surface area is 222 Å². The number of anilines is 1. The first-order chi connectivity index (χ1) is 16.2. The maximum Gasteiger partial charge on any atom is 0.0397 e. The molecule has 3 aliphatic carbocycles. The summed E-state index contributed by atoms with van der Waals surface area (Å²) >= 11 is 3.27. The Hall–Kier alpha value is -1.13. The predicted molar refractivity (Wildman–Crippen MR) is 150 cm³/mol. The summed E-state index contributed by atoms with van der Waals surface area (Å²) in [4.78, 5) is 10.5. The molecule has 0 radical (unpaired) electrons. The molecule has 0 unspecified atom stereocenters. The molecular weight excluding hydrogens is 506 g/mol. The second-order valence-corrected chi connectivity index (χ2v) is 11.8. The summed E-state index contributed by atoms with van der Waals surface area (Å²) in [7, 11) is 0. The fourth-order valence-corrected chi connectivity index (χ4v) is 6.92. The first kappa shape index (κ1) is 27.5. The quantitative estimate of drug-likeness (QED) is 0.356. The summed E-state index contributed by atoms with van der Waals surface area (Å²) in [6.07, 6.45) is 29.8. The van der Waals surface area contributed by atoms with E-state index in [0.717, 1.165) is 9.89 Å². The van der Waals surface area contributed by atoms with Crippen LogP contribution in [0.2, 0.25) is 0 Å². The maximum atomic E-state index is 4.09. The van der Waals surface area contributed by atoms with Crippen molar-refractivity contribution < 1.29 is 0 Å². The minimum Gasteiger partial charge on any atom is -0.371 e. The smallest absolute Gasteiger partial charge is 0.0397 e. The van der Waals surface area contributed by atoms with E-state index in [0.29, 0.717) is 5.41 Å². The van der Waals surface area contributed by atoms with Gasteiger partial charge in [0.2, 0.25) is 0 Å². The number of hydrogen-bond acceptors (Lipinski definition) is 3. The van der Waals surface area contributed by atoms with E-state index in [2.05, 4.69) is 42.9 Å². The highest BCUT2D eigenvalue weighted by molar-refractivity contribution is 9.10. The zero-order valence-corrected chi connectivity index (χ0v) is 23.2.